The smallest absolute Gasteiger partial charge is 0.0243 e. The Balaban J connectivity index is 2.32. The van der Waals surface area contributed by atoms with Gasteiger partial charge in [0, 0.05) is 12.5 Å². The summed E-state index contributed by atoms with van der Waals surface area (Å²) in [5.41, 5.74) is 6.15. The van der Waals surface area contributed by atoms with Gasteiger partial charge in [-0.2, -0.15) is 0 Å². The van der Waals surface area contributed by atoms with Crippen molar-refractivity contribution < 1.29 is 0 Å². The number of rotatable bonds is 3. The van der Waals surface area contributed by atoms with Crippen LogP contribution in [0.4, 0.5) is 0 Å². The molecule has 0 aliphatic heterocycles. The molecule has 0 aromatic heterocycles. The van der Waals surface area contributed by atoms with Crippen LogP contribution in [-0.2, 0) is 0 Å². The Kier molecular flexibility index (Phi) is 5.19. The Morgan fingerprint density at radius 2 is 1.67 bits per heavy atom. The molecular formula is C14H25N. The average Bonchev–Trinajstić information content (AvgIpc) is 2.26. The van der Waals surface area contributed by atoms with Crippen LogP contribution in [0.5, 0.6) is 0 Å². The van der Waals surface area contributed by atoms with Crippen LogP contribution in [0, 0.1) is 29.6 Å². The lowest BCUT2D eigenvalue weighted by Crippen LogP contribution is -2.33. The maximum absolute atomic E-state index is 6.15. The van der Waals surface area contributed by atoms with E-state index in [0.29, 0.717) is 6.04 Å². The fraction of sp³-hybridized carbons (Fsp3) is 0.857. The van der Waals surface area contributed by atoms with Crippen LogP contribution in [-0.4, -0.2) is 6.04 Å². The third-order valence-electron chi connectivity index (χ3n) is 3.88. The van der Waals surface area contributed by atoms with Gasteiger partial charge in [-0.05, 0) is 50.4 Å². The van der Waals surface area contributed by atoms with Crippen LogP contribution in [0.3, 0.4) is 0 Å². The molecule has 0 aromatic rings. The predicted molar refractivity (Wildman–Crippen MR) is 66.3 cm³/mol. The Morgan fingerprint density at radius 1 is 1.13 bits per heavy atom. The second kappa shape index (κ2) is 6.18. The molecule has 0 heterocycles. The van der Waals surface area contributed by atoms with E-state index >= 15 is 0 Å². The summed E-state index contributed by atoms with van der Waals surface area (Å²) in [6.45, 7) is 6.57. The minimum atomic E-state index is 0.311. The van der Waals surface area contributed by atoms with Crippen LogP contribution < -0.4 is 5.73 Å². The number of hydrogen-bond acceptors (Lipinski definition) is 1. The molecular weight excluding hydrogens is 182 g/mol. The zero-order chi connectivity index (χ0) is 11.3. The predicted octanol–water partition coefficient (Wildman–Crippen LogP) is 3.19. The summed E-state index contributed by atoms with van der Waals surface area (Å²) in [6, 6.07) is 0.311. The summed E-state index contributed by atoms with van der Waals surface area (Å²) in [5, 5.41) is 0. The Morgan fingerprint density at radius 3 is 2.13 bits per heavy atom. The molecule has 0 bridgehead atoms. The minimum absolute atomic E-state index is 0.311. The van der Waals surface area contributed by atoms with Crippen molar-refractivity contribution in [1.82, 2.24) is 0 Å². The van der Waals surface area contributed by atoms with Gasteiger partial charge in [-0.25, -0.2) is 0 Å². The van der Waals surface area contributed by atoms with E-state index in [1.165, 1.54) is 25.7 Å². The molecule has 1 aliphatic rings. The Hall–Kier alpha value is -0.480. The maximum atomic E-state index is 6.15. The van der Waals surface area contributed by atoms with Crippen molar-refractivity contribution >= 4 is 0 Å². The minimum Gasteiger partial charge on any atom is -0.327 e. The first kappa shape index (κ1) is 12.6. The van der Waals surface area contributed by atoms with Crippen molar-refractivity contribution in [2.75, 3.05) is 0 Å². The molecule has 1 saturated carbocycles. The van der Waals surface area contributed by atoms with Crippen molar-refractivity contribution in [3.8, 4) is 11.8 Å². The Bertz CT molecular complexity index is 225. The van der Waals surface area contributed by atoms with E-state index in [0.717, 1.165) is 24.2 Å². The summed E-state index contributed by atoms with van der Waals surface area (Å²) in [7, 11) is 0. The molecule has 0 aromatic carbocycles. The fourth-order valence-electron chi connectivity index (χ4n) is 2.63. The summed E-state index contributed by atoms with van der Waals surface area (Å²) >= 11 is 0. The van der Waals surface area contributed by atoms with Gasteiger partial charge in [0.25, 0.3) is 0 Å². The van der Waals surface area contributed by atoms with E-state index in [4.69, 9.17) is 5.73 Å². The second-order valence-corrected chi connectivity index (χ2v) is 5.21. The van der Waals surface area contributed by atoms with Gasteiger partial charge in [0.1, 0.15) is 0 Å². The van der Waals surface area contributed by atoms with Crippen LogP contribution >= 0.6 is 0 Å². The molecule has 1 fully saturated rings. The summed E-state index contributed by atoms with van der Waals surface area (Å²) in [4.78, 5) is 0. The molecule has 1 aliphatic carbocycles. The molecule has 0 spiro atoms. The number of hydrogen-bond donors (Lipinski definition) is 1. The van der Waals surface area contributed by atoms with E-state index in [2.05, 4.69) is 25.7 Å². The lowest BCUT2D eigenvalue weighted by molar-refractivity contribution is 0.204. The van der Waals surface area contributed by atoms with E-state index in [1.54, 1.807) is 0 Å². The molecule has 86 valence electrons. The van der Waals surface area contributed by atoms with Crippen molar-refractivity contribution in [1.29, 1.82) is 0 Å². The normalized spacial score (nSPS) is 28.3. The lowest BCUT2D eigenvalue weighted by Gasteiger charge is -2.33. The van der Waals surface area contributed by atoms with Crippen molar-refractivity contribution in [2.45, 2.75) is 58.9 Å². The van der Waals surface area contributed by atoms with Crippen molar-refractivity contribution in [3.05, 3.63) is 0 Å². The largest absolute Gasteiger partial charge is 0.327 e. The van der Waals surface area contributed by atoms with Crippen LogP contribution in [0.15, 0.2) is 0 Å². The van der Waals surface area contributed by atoms with Gasteiger partial charge in [0.15, 0.2) is 0 Å². The third-order valence-corrected chi connectivity index (χ3v) is 3.88. The van der Waals surface area contributed by atoms with E-state index < -0.39 is 0 Å². The quantitative estimate of drug-likeness (QED) is 0.707. The number of nitrogens with two attached hydrogens (primary N) is 1. The topological polar surface area (TPSA) is 26.0 Å². The lowest BCUT2D eigenvalue weighted by atomic mass is 9.74. The van der Waals surface area contributed by atoms with Crippen molar-refractivity contribution in [2.24, 2.45) is 23.5 Å². The zero-order valence-electron chi connectivity index (χ0n) is 10.4. The molecule has 2 N–H and O–H groups in total. The highest BCUT2D eigenvalue weighted by molar-refractivity contribution is 4.99. The average molecular weight is 207 g/mol. The molecule has 1 unspecified atom stereocenters. The fourth-order valence-corrected chi connectivity index (χ4v) is 2.63. The molecule has 1 heteroatoms. The maximum Gasteiger partial charge on any atom is 0.0243 e. The first-order valence-corrected chi connectivity index (χ1v) is 6.30. The third kappa shape index (κ3) is 3.87. The van der Waals surface area contributed by atoms with Gasteiger partial charge in [0.2, 0.25) is 0 Å². The van der Waals surface area contributed by atoms with Crippen LogP contribution in [0.2, 0.25) is 0 Å². The molecule has 1 rings (SSSR count). The van der Waals surface area contributed by atoms with E-state index in [9.17, 15) is 0 Å². The first-order chi connectivity index (χ1) is 7.15. The van der Waals surface area contributed by atoms with Gasteiger partial charge < -0.3 is 5.73 Å². The van der Waals surface area contributed by atoms with Gasteiger partial charge in [-0.15, -0.1) is 11.8 Å². The van der Waals surface area contributed by atoms with Crippen LogP contribution in [0.25, 0.3) is 0 Å². The first-order valence-electron chi connectivity index (χ1n) is 6.30. The molecule has 15 heavy (non-hydrogen) atoms. The standard InChI is InChI=1S/C14H25N/c1-4-5-6-14(15)13-9-7-12(8-10-13)11(2)3/h11-14H,6-10,15H2,1-3H3. The molecule has 0 saturated heterocycles. The molecule has 0 radical (unpaired) electrons. The molecule has 1 nitrogen and oxygen atoms in total. The summed E-state index contributed by atoms with van der Waals surface area (Å²) in [5.74, 6) is 8.54. The van der Waals surface area contributed by atoms with Gasteiger partial charge in [-0.3, -0.25) is 0 Å². The van der Waals surface area contributed by atoms with E-state index in [1.807, 2.05) is 6.92 Å². The highest BCUT2D eigenvalue weighted by Crippen LogP contribution is 2.34. The van der Waals surface area contributed by atoms with Gasteiger partial charge >= 0.3 is 0 Å². The molecule has 1 atom stereocenters. The van der Waals surface area contributed by atoms with Crippen molar-refractivity contribution in [3.63, 3.8) is 0 Å². The SMILES string of the molecule is CC#CCC(N)C1CCC(C(C)C)CC1. The highest BCUT2D eigenvalue weighted by Gasteiger charge is 2.26. The zero-order valence-corrected chi connectivity index (χ0v) is 10.4. The summed E-state index contributed by atoms with van der Waals surface area (Å²) in [6.07, 6.45) is 6.25. The van der Waals surface area contributed by atoms with Gasteiger partial charge in [0.05, 0.1) is 0 Å². The monoisotopic (exact) mass is 207 g/mol. The Labute approximate surface area is 94.8 Å². The highest BCUT2D eigenvalue weighted by atomic mass is 14.6. The van der Waals surface area contributed by atoms with E-state index in [-0.39, 0.29) is 0 Å². The molecule has 0 amide bonds. The summed E-state index contributed by atoms with van der Waals surface area (Å²) < 4.78 is 0. The van der Waals surface area contributed by atoms with Gasteiger partial charge in [-0.1, -0.05) is 13.8 Å². The van der Waals surface area contributed by atoms with Crippen LogP contribution in [0.1, 0.15) is 52.9 Å². The second-order valence-electron chi connectivity index (χ2n) is 5.21.